The predicted octanol–water partition coefficient (Wildman–Crippen LogP) is 4.19. The summed E-state index contributed by atoms with van der Waals surface area (Å²) >= 11 is 1.89. The van der Waals surface area contributed by atoms with E-state index in [4.69, 9.17) is 4.42 Å². The van der Waals surface area contributed by atoms with Crippen molar-refractivity contribution < 1.29 is 4.42 Å². The molecule has 2 rings (SSSR count). The number of unbranched alkanes of at least 4 members (excludes halogenated alkanes) is 1. The van der Waals surface area contributed by atoms with Gasteiger partial charge in [-0.05, 0) is 50.8 Å². The lowest BCUT2D eigenvalue weighted by Crippen LogP contribution is -2.38. The highest BCUT2D eigenvalue weighted by Crippen LogP contribution is 2.23. The van der Waals surface area contributed by atoms with Crippen LogP contribution in [0.25, 0.3) is 11.0 Å². The summed E-state index contributed by atoms with van der Waals surface area (Å²) in [6.07, 6.45) is 4.48. The lowest BCUT2D eigenvalue weighted by Gasteiger charge is -2.16. The Balaban J connectivity index is 1.96. The zero-order valence-corrected chi connectivity index (χ0v) is 15.1. The Hall–Kier alpha value is -1.62. The van der Waals surface area contributed by atoms with Crippen molar-refractivity contribution in [1.29, 1.82) is 0 Å². The summed E-state index contributed by atoms with van der Waals surface area (Å²) in [6.45, 7) is 5.88. The third-order valence-electron chi connectivity index (χ3n) is 3.60. The molecule has 0 aliphatic carbocycles. The number of benzene rings is 1. The zero-order valence-electron chi connectivity index (χ0n) is 14.3. The normalized spacial score (nSPS) is 13.3. The van der Waals surface area contributed by atoms with Crippen LogP contribution in [-0.2, 0) is 0 Å². The molecular formula is C18H27N3OS. The van der Waals surface area contributed by atoms with Gasteiger partial charge in [-0.25, -0.2) is 0 Å². The van der Waals surface area contributed by atoms with Crippen LogP contribution in [-0.4, -0.2) is 31.1 Å². The average molecular weight is 334 g/mol. The Morgan fingerprint density at radius 1 is 1.30 bits per heavy atom. The highest BCUT2D eigenvalue weighted by Gasteiger charge is 2.12. The van der Waals surface area contributed by atoms with Gasteiger partial charge in [-0.1, -0.05) is 18.2 Å². The van der Waals surface area contributed by atoms with Gasteiger partial charge in [0.2, 0.25) is 0 Å². The van der Waals surface area contributed by atoms with E-state index in [1.807, 2.05) is 30.0 Å². The zero-order chi connectivity index (χ0) is 16.5. The molecule has 0 bridgehead atoms. The van der Waals surface area contributed by atoms with Crippen LogP contribution in [0, 0.1) is 0 Å². The lowest BCUT2D eigenvalue weighted by atomic mass is 10.2. The maximum Gasteiger partial charge on any atom is 0.191 e. The molecule has 1 aromatic carbocycles. The first kappa shape index (κ1) is 17.7. The first-order chi connectivity index (χ1) is 11.2. The maximum atomic E-state index is 5.92. The molecule has 4 nitrogen and oxygen atoms in total. The van der Waals surface area contributed by atoms with E-state index in [0.717, 1.165) is 42.2 Å². The Morgan fingerprint density at radius 2 is 2.13 bits per heavy atom. The van der Waals surface area contributed by atoms with Gasteiger partial charge in [-0.2, -0.15) is 11.8 Å². The second-order valence-corrected chi connectivity index (χ2v) is 6.50. The first-order valence-corrected chi connectivity index (χ1v) is 9.66. The summed E-state index contributed by atoms with van der Waals surface area (Å²) in [6, 6.07) is 10.3. The van der Waals surface area contributed by atoms with E-state index in [2.05, 4.69) is 47.9 Å². The fraction of sp³-hybridized carbons (Fsp3) is 0.500. The van der Waals surface area contributed by atoms with Crippen LogP contribution < -0.4 is 10.6 Å². The average Bonchev–Trinajstić information content (AvgIpc) is 2.99. The Kier molecular flexibility index (Phi) is 7.33. The molecule has 5 heteroatoms. The van der Waals surface area contributed by atoms with Gasteiger partial charge in [0.25, 0.3) is 0 Å². The van der Waals surface area contributed by atoms with E-state index in [-0.39, 0.29) is 6.04 Å². The number of furan rings is 1. The van der Waals surface area contributed by atoms with Crippen molar-refractivity contribution in [3.8, 4) is 0 Å². The second-order valence-electron chi connectivity index (χ2n) is 5.51. The largest absolute Gasteiger partial charge is 0.459 e. The molecule has 0 aliphatic rings. The summed E-state index contributed by atoms with van der Waals surface area (Å²) in [7, 11) is 0. The Bertz CT molecular complexity index is 591. The monoisotopic (exact) mass is 333 g/mol. The molecule has 0 saturated heterocycles. The van der Waals surface area contributed by atoms with E-state index < -0.39 is 0 Å². The van der Waals surface area contributed by atoms with Crippen molar-refractivity contribution in [3.63, 3.8) is 0 Å². The third kappa shape index (κ3) is 5.50. The third-order valence-corrected chi connectivity index (χ3v) is 4.29. The predicted molar refractivity (Wildman–Crippen MR) is 101 cm³/mol. The minimum atomic E-state index is 0.0754. The lowest BCUT2D eigenvalue weighted by molar-refractivity contribution is 0.488. The number of thioether (sulfide) groups is 1. The van der Waals surface area contributed by atoms with E-state index in [1.54, 1.807) is 0 Å². The molecule has 0 fully saturated rings. The van der Waals surface area contributed by atoms with E-state index >= 15 is 0 Å². The van der Waals surface area contributed by atoms with Crippen molar-refractivity contribution in [2.45, 2.75) is 32.7 Å². The van der Waals surface area contributed by atoms with Gasteiger partial charge in [0.05, 0.1) is 6.04 Å². The van der Waals surface area contributed by atoms with Gasteiger partial charge in [-0.3, -0.25) is 4.99 Å². The summed E-state index contributed by atoms with van der Waals surface area (Å²) in [4.78, 5) is 4.65. The Labute approximate surface area is 143 Å². The van der Waals surface area contributed by atoms with Crippen LogP contribution in [0.3, 0.4) is 0 Å². The quantitative estimate of drug-likeness (QED) is 0.432. The van der Waals surface area contributed by atoms with Crippen LogP contribution >= 0.6 is 11.8 Å². The molecule has 1 unspecified atom stereocenters. The summed E-state index contributed by atoms with van der Waals surface area (Å²) in [5, 5.41) is 7.86. The minimum Gasteiger partial charge on any atom is -0.459 e. The number of para-hydroxylation sites is 1. The van der Waals surface area contributed by atoms with Crippen LogP contribution in [0.5, 0.6) is 0 Å². The highest BCUT2D eigenvalue weighted by atomic mass is 32.2. The molecule has 23 heavy (non-hydrogen) atoms. The molecule has 0 spiro atoms. The molecule has 2 N–H and O–H groups in total. The van der Waals surface area contributed by atoms with Crippen LogP contribution in [0.2, 0.25) is 0 Å². The van der Waals surface area contributed by atoms with Crippen LogP contribution in [0.4, 0.5) is 0 Å². The van der Waals surface area contributed by atoms with E-state index in [9.17, 15) is 0 Å². The smallest absolute Gasteiger partial charge is 0.191 e. The van der Waals surface area contributed by atoms with Crippen LogP contribution in [0.1, 0.15) is 38.5 Å². The first-order valence-electron chi connectivity index (χ1n) is 8.27. The standard InChI is InChI=1S/C18H27N3OS/c1-4-19-18(20-11-7-8-12-23-3)21-14(2)17-13-15-9-5-6-10-16(15)22-17/h5-6,9-10,13-14H,4,7-8,11-12H2,1-3H3,(H2,19,20,21). The molecule has 1 atom stereocenters. The van der Waals surface area contributed by atoms with Crippen molar-refractivity contribution >= 4 is 28.7 Å². The maximum absolute atomic E-state index is 5.92. The number of guanidine groups is 1. The number of nitrogens with one attached hydrogen (secondary N) is 2. The number of rotatable bonds is 8. The molecule has 1 heterocycles. The summed E-state index contributed by atoms with van der Waals surface area (Å²) < 4.78 is 5.92. The highest BCUT2D eigenvalue weighted by molar-refractivity contribution is 7.98. The number of nitrogens with zero attached hydrogens (tertiary/aromatic N) is 1. The molecule has 1 aromatic heterocycles. The molecule has 126 valence electrons. The molecule has 0 aliphatic heterocycles. The van der Waals surface area contributed by atoms with Crippen LogP contribution in [0.15, 0.2) is 39.7 Å². The van der Waals surface area contributed by atoms with Gasteiger partial charge < -0.3 is 15.1 Å². The number of hydrogen-bond donors (Lipinski definition) is 2. The van der Waals surface area contributed by atoms with E-state index in [1.165, 1.54) is 12.2 Å². The van der Waals surface area contributed by atoms with Gasteiger partial charge in [0.1, 0.15) is 11.3 Å². The summed E-state index contributed by atoms with van der Waals surface area (Å²) in [5.74, 6) is 2.98. The number of fused-ring (bicyclic) bond motifs is 1. The van der Waals surface area contributed by atoms with Gasteiger partial charge >= 0.3 is 0 Å². The second kappa shape index (κ2) is 9.50. The number of aliphatic imine (C=N–C) groups is 1. The Morgan fingerprint density at radius 3 is 2.87 bits per heavy atom. The topological polar surface area (TPSA) is 49.6 Å². The van der Waals surface area contributed by atoms with Crippen molar-refractivity contribution in [2.24, 2.45) is 4.99 Å². The fourth-order valence-corrected chi connectivity index (χ4v) is 2.85. The van der Waals surface area contributed by atoms with Crippen molar-refractivity contribution in [1.82, 2.24) is 10.6 Å². The summed E-state index contributed by atoms with van der Waals surface area (Å²) in [5.41, 5.74) is 0.926. The van der Waals surface area contributed by atoms with Gasteiger partial charge in [0, 0.05) is 18.5 Å². The molecule has 0 saturated carbocycles. The van der Waals surface area contributed by atoms with Crippen molar-refractivity contribution in [3.05, 3.63) is 36.1 Å². The fourth-order valence-electron chi connectivity index (χ4n) is 2.36. The number of hydrogen-bond acceptors (Lipinski definition) is 3. The molecule has 2 aromatic rings. The molecule has 0 radical (unpaired) electrons. The van der Waals surface area contributed by atoms with Crippen molar-refractivity contribution in [2.75, 3.05) is 25.1 Å². The SMILES string of the molecule is CCNC(=NCCCCSC)NC(C)c1cc2ccccc2o1. The molecular weight excluding hydrogens is 306 g/mol. The minimum absolute atomic E-state index is 0.0754. The van der Waals surface area contributed by atoms with Gasteiger partial charge in [0.15, 0.2) is 5.96 Å². The molecule has 0 amide bonds. The van der Waals surface area contributed by atoms with E-state index in [0.29, 0.717) is 0 Å². The van der Waals surface area contributed by atoms with Gasteiger partial charge in [-0.15, -0.1) is 0 Å².